The summed E-state index contributed by atoms with van der Waals surface area (Å²) >= 11 is 5.60. The van der Waals surface area contributed by atoms with Crippen molar-refractivity contribution < 1.29 is 9.47 Å². The van der Waals surface area contributed by atoms with Crippen molar-refractivity contribution in [1.82, 2.24) is 10.6 Å². The molecule has 2 aliphatic rings. The lowest BCUT2D eigenvalue weighted by molar-refractivity contribution is 0.186. The Bertz CT molecular complexity index is 775. The zero-order valence-corrected chi connectivity index (χ0v) is 16.3. The van der Waals surface area contributed by atoms with E-state index in [0.29, 0.717) is 11.0 Å². The summed E-state index contributed by atoms with van der Waals surface area (Å²) in [5, 5.41) is 7.58. The van der Waals surface area contributed by atoms with Gasteiger partial charge in [0.15, 0.2) is 5.11 Å². The van der Waals surface area contributed by atoms with Crippen LogP contribution in [0.5, 0.6) is 5.75 Å². The van der Waals surface area contributed by atoms with E-state index in [2.05, 4.69) is 53.1 Å². The Kier molecular flexibility index (Phi) is 5.90. The number of aryl methyl sites for hydroxylation is 1. The second-order valence-corrected chi connectivity index (χ2v) is 7.66. The SMILES string of the molecule is S=C(NCC1CCOC1)NC(c1ccccc1)c1ccc2c(c1)CCCO2. The van der Waals surface area contributed by atoms with Crippen LogP contribution in [0, 0.1) is 5.92 Å². The van der Waals surface area contributed by atoms with Gasteiger partial charge in [0.1, 0.15) is 5.75 Å². The van der Waals surface area contributed by atoms with Crippen molar-refractivity contribution in [3.63, 3.8) is 0 Å². The second kappa shape index (κ2) is 8.72. The summed E-state index contributed by atoms with van der Waals surface area (Å²) in [4.78, 5) is 0. The number of fused-ring (bicyclic) bond motifs is 1. The smallest absolute Gasteiger partial charge is 0.167 e. The van der Waals surface area contributed by atoms with Crippen molar-refractivity contribution in [3.05, 3.63) is 65.2 Å². The van der Waals surface area contributed by atoms with Gasteiger partial charge in [-0.25, -0.2) is 0 Å². The molecule has 0 bridgehead atoms. The third kappa shape index (κ3) is 4.60. The predicted molar refractivity (Wildman–Crippen MR) is 111 cm³/mol. The van der Waals surface area contributed by atoms with Crippen LogP contribution >= 0.6 is 12.2 Å². The van der Waals surface area contributed by atoms with Crippen LogP contribution in [-0.2, 0) is 11.2 Å². The molecular formula is C22H26N2O2S. The van der Waals surface area contributed by atoms with Crippen molar-refractivity contribution >= 4 is 17.3 Å². The molecular weight excluding hydrogens is 356 g/mol. The first-order valence-electron chi connectivity index (χ1n) is 9.72. The molecule has 5 heteroatoms. The van der Waals surface area contributed by atoms with Gasteiger partial charge in [0, 0.05) is 19.1 Å². The molecule has 0 spiro atoms. The molecule has 0 aromatic heterocycles. The van der Waals surface area contributed by atoms with Crippen LogP contribution in [0.1, 0.15) is 35.6 Å². The molecule has 0 aliphatic carbocycles. The number of thiocarbonyl (C=S) groups is 1. The fourth-order valence-corrected chi connectivity index (χ4v) is 3.93. The summed E-state index contributed by atoms with van der Waals surface area (Å²) in [5.41, 5.74) is 3.68. The lowest BCUT2D eigenvalue weighted by atomic mass is 9.95. The van der Waals surface area contributed by atoms with Crippen LogP contribution in [0.15, 0.2) is 48.5 Å². The van der Waals surface area contributed by atoms with Gasteiger partial charge >= 0.3 is 0 Å². The second-order valence-electron chi connectivity index (χ2n) is 7.25. The van der Waals surface area contributed by atoms with Crippen LogP contribution in [-0.4, -0.2) is 31.5 Å². The zero-order chi connectivity index (χ0) is 18.5. The van der Waals surface area contributed by atoms with Gasteiger partial charge in [0.2, 0.25) is 0 Å². The quantitative estimate of drug-likeness (QED) is 0.774. The third-order valence-electron chi connectivity index (χ3n) is 5.25. The average molecular weight is 383 g/mol. The van der Waals surface area contributed by atoms with Crippen LogP contribution in [0.25, 0.3) is 0 Å². The summed E-state index contributed by atoms with van der Waals surface area (Å²) in [7, 11) is 0. The minimum atomic E-state index is 0.0123. The first kappa shape index (κ1) is 18.3. The van der Waals surface area contributed by atoms with Crippen molar-refractivity contribution in [2.45, 2.75) is 25.3 Å². The van der Waals surface area contributed by atoms with Gasteiger partial charge in [-0.05, 0) is 60.3 Å². The standard InChI is InChI=1S/C22H26N2O2S/c27-22(23-14-16-10-12-25-15-16)24-21(17-5-2-1-3-6-17)19-8-9-20-18(13-19)7-4-11-26-20/h1-3,5-6,8-9,13,16,21H,4,7,10-12,14-15H2,(H2,23,24,27). The van der Waals surface area contributed by atoms with Gasteiger partial charge in [-0.15, -0.1) is 0 Å². The highest BCUT2D eigenvalue weighted by Gasteiger charge is 2.20. The van der Waals surface area contributed by atoms with Crippen LogP contribution < -0.4 is 15.4 Å². The molecule has 142 valence electrons. The van der Waals surface area contributed by atoms with E-state index in [1.165, 1.54) is 16.7 Å². The van der Waals surface area contributed by atoms with Crippen molar-refractivity contribution in [1.29, 1.82) is 0 Å². The summed E-state index contributed by atoms with van der Waals surface area (Å²) in [6, 6.07) is 17.0. The van der Waals surface area contributed by atoms with E-state index in [-0.39, 0.29) is 6.04 Å². The fraction of sp³-hybridized carbons (Fsp3) is 0.409. The molecule has 2 aromatic rings. The highest BCUT2D eigenvalue weighted by Crippen LogP contribution is 2.30. The molecule has 2 N–H and O–H groups in total. The first-order valence-corrected chi connectivity index (χ1v) is 10.1. The Morgan fingerprint density at radius 1 is 1.11 bits per heavy atom. The number of hydrogen-bond acceptors (Lipinski definition) is 3. The molecule has 2 aromatic carbocycles. The summed E-state index contributed by atoms with van der Waals surface area (Å²) in [5.74, 6) is 1.56. The highest BCUT2D eigenvalue weighted by molar-refractivity contribution is 7.80. The Morgan fingerprint density at radius 2 is 2.00 bits per heavy atom. The van der Waals surface area contributed by atoms with Crippen LogP contribution in [0.3, 0.4) is 0 Å². The van der Waals surface area contributed by atoms with Gasteiger partial charge in [-0.1, -0.05) is 36.4 Å². The van der Waals surface area contributed by atoms with E-state index >= 15 is 0 Å². The predicted octanol–water partition coefficient (Wildman–Crippen LogP) is 3.60. The molecule has 1 saturated heterocycles. The summed E-state index contributed by atoms with van der Waals surface area (Å²) in [6.45, 7) is 3.34. The summed E-state index contributed by atoms with van der Waals surface area (Å²) in [6.07, 6.45) is 3.24. The van der Waals surface area contributed by atoms with Gasteiger partial charge in [-0.2, -0.15) is 0 Å². The number of nitrogens with one attached hydrogen (secondary N) is 2. The molecule has 0 amide bonds. The molecule has 4 nitrogen and oxygen atoms in total. The average Bonchev–Trinajstić information content (AvgIpc) is 3.24. The Hall–Kier alpha value is -2.11. The van der Waals surface area contributed by atoms with Crippen molar-refractivity contribution in [2.75, 3.05) is 26.4 Å². The number of benzene rings is 2. The minimum absolute atomic E-state index is 0.0123. The van der Waals surface area contributed by atoms with Gasteiger partial charge in [0.25, 0.3) is 0 Å². The molecule has 2 atom stereocenters. The van der Waals surface area contributed by atoms with Gasteiger partial charge in [-0.3, -0.25) is 0 Å². The van der Waals surface area contributed by atoms with E-state index in [9.17, 15) is 0 Å². The first-order chi connectivity index (χ1) is 13.3. The monoisotopic (exact) mass is 382 g/mol. The molecule has 0 radical (unpaired) electrons. The highest BCUT2D eigenvalue weighted by atomic mass is 32.1. The molecule has 2 unspecified atom stereocenters. The normalized spacial score (nSPS) is 19.6. The largest absolute Gasteiger partial charge is 0.493 e. The maximum Gasteiger partial charge on any atom is 0.167 e. The lowest BCUT2D eigenvalue weighted by Crippen LogP contribution is -2.40. The van der Waals surface area contributed by atoms with E-state index in [1.807, 2.05) is 6.07 Å². The number of rotatable bonds is 5. The molecule has 2 aliphatic heterocycles. The van der Waals surface area contributed by atoms with Crippen LogP contribution in [0.4, 0.5) is 0 Å². The fourth-order valence-electron chi connectivity index (χ4n) is 3.73. The maximum atomic E-state index is 5.77. The van der Waals surface area contributed by atoms with Gasteiger partial charge < -0.3 is 20.1 Å². The van der Waals surface area contributed by atoms with E-state index in [1.54, 1.807) is 0 Å². The van der Waals surface area contributed by atoms with Gasteiger partial charge in [0.05, 0.1) is 19.3 Å². The Morgan fingerprint density at radius 3 is 2.81 bits per heavy atom. The number of hydrogen-bond donors (Lipinski definition) is 2. The molecule has 2 heterocycles. The molecule has 4 rings (SSSR count). The molecule has 27 heavy (non-hydrogen) atoms. The maximum absolute atomic E-state index is 5.77. The third-order valence-corrected chi connectivity index (χ3v) is 5.51. The Labute approximate surface area is 166 Å². The Balaban J connectivity index is 1.51. The van der Waals surface area contributed by atoms with Crippen LogP contribution in [0.2, 0.25) is 0 Å². The topological polar surface area (TPSA) is 42.5 Å². The zero-order valence-electron chi connectivity index (χ0n) is 15.4. The van der Waals surface area contributed by atoms with E-state index in [4.69, 9.17) is 21.7 Å². The van der Waals surface area contributed by atoms with Crippen molar-refractivity contribution in [2.24, 2.45) is 5.92 Å². The van der Waals surface area contributed by atoms with Crippen molar-refractivity contribution in [3.8, 4) is 5.75 Å². The minimum Gasteiger partial charge on any atom is -0.493 e. The lowest BCUT2D eigenvalue weighted by Gasteiger charge is -2.25. The van der Waals surface area contributed by atoms with E-state index < -0.39 is 0 Å². The number of ether oxygens (including phenoxy) is 2. The van der Waals surface area contributed by atoms with E-state index in [0.717, 1.165) is 51.4 Å². The summed E-state index contributed by atoms with van der Waals surface area (Å²) < 4.78 is 11.2. The molecule has 0 saturated carbocycles. The molecule has 1 fully saturated rings.